The second-order valence-electron chi connectivity index (χ2n) is 5.28. The molecule has 0 aliphatic carbocycles. The van der Waals surface area contributed by atoms with E-state index in [9.17, 15) is 0 Å². The number of rotatable bonds is 3. The van der Waals surface area contributed by atoms with E-state index >= 15 is 0 Å². The largest absolute Gasteiger partial charge is 0.488 e. The first-order valence-electron chi connectivity index (χ1n) is 7.22. The smallest absolute Gasteiger partial charge is 0.161 e. The second kappa shape index (κ2) is 5.15. The molecular formula is C18H15N3O. The Bertz CT molecular complexity index is 945. The van der Waals surface area contributed by atoms with E-state index in [-0.39, 0.29) is 0 Å². The van der Waals surface area contributed by atoms with E-state index in [1.54, 1.807) is 0 Å². The number of fused-ring (bicyclic) bond motifs is 2. The summed E-state index contributed by atoms with van der Waals surface area (Å²) in [5, 5.41) is 10.4. The Morgan fingerprint density at radius 1 is 1.00 bits per heavy atom. The Kier molecular flexibility index (Phi) is 3.00. The highest BCUT2D eigenvalue weighted by atomic mass is 16.5. The van der Waals surface area contributed by atoms with Gasteiger partial charge in [-0.2, -0.15) is 0 Å². The van der Waals surface area contributed by atoms with Crippen LogP contribution < -0.4 is 4.74 Å². The van der Waals surface area contributed by atoms with Gasteiger partial charge in [0.05, 0.1) is 0 Å². The van der Waals surface area contributed by atoms with Gasteiger partial charge in [0.15, 0.2) is 5.65 Å². The fraction of sp³-hybridized carbons (Fsp3) is 0.111. The minimum Gasteiger partial charge on any atom is -0.488 e. The van der Waals surface area contributed by atoms with Gasteiger partial charge in [-0.1, -0.05) is 42.5 Å². The van der Waals surface area contributed by atoms with E-state index in [0.717, 1.165) is 33.6 Å². The Labute approximate surface area is 128 Å². The molecule has 0 spiro atoms. The van der Waals surface area contributed by atoms with Crippen LogP contribution >= 0.6 is 0 Å². The molecule has 22 heavy (non-hydrogen) atoms. The van der Waals surface area contributed by atoms with Crippen LogP contribution in [0.1, 0.15) is 11.4 Å². The molecule has 0 aliphatic rings. The van der Waals surface area contributed by atoms with Crippen LogP contribution in [0.25, 0.3) is 16.4 Å². The molecule has 2 aromatic carbocycles. The molecule has 2 heterocycles. The number of aromatic nitrogens is 3. The van der Waals surface area contributed by atoms with Crippen LogP contribution in [-0.2, 0) is 6.61 Å². The van der Waals surface area contributed by atoms with Gasteiger partial charge >= 0.3 is 0 Å². The molecule has 4 rings (SSSR count). The van der Waals surface area contributed by atoms with E-state index < -0.39 is 0 Å². The van der Waals surface area contributed by atoms with Crippen LogP contribution in [0.15, 0.2) is 60.8 Å². The molecule has 4 aromatic rings. The summed E-state index contributed by atoms with van der Waals surface area (Å²) in [4.78, 5) is 0. The minimum atomic E-state index is 0.555. The zero-order chi connectivity index (χ0) is 14.9. The average molecular weight is 289 g/mol. The Morgan fingerprint density at radius 3 is 2.73 bits per heavy atom. The first-order valence-corrected chi connectivity index (χ1v) is 7.22. The van der Waals surface area contributed by atoms with E-state index in [1.165, 1.54) is 0 Å². The lowest BCUT2D eigenvalue weighted by molar-refractivity contribution is 0.310. The van der Waals surface area contributed by atoms with Crippen molar-refractivity contribution in [2.45, 2.75) is 13.5 Å². The molecule has 0 fully saturated rings. The number of pyridine rings is 1. The van der Waals surface area contributed by atoms with Gasteiger partial charge in [-0.25, -0.2) is 0 Å². The summed E-state index contributed by atoms with van der Waals surface area (Å²) in [5.41, 5.74) is 2.01. The summed E-state index contributed by atoms with van der Waals surface area (Å²) in [6.07, 6.45) is 2.04. The van der Waals surface area contributed by atoms with Gasteiger partial charge < -0.3 is 4.74 Å². The molecule has 4 nitrogen and oxygen atoms in total. The third-order valence-electron chi connectivity index (χ3n) is 3.77. The first-order chi connectivity index (χ1) is 10.8. The normalized spacial score (nSPS) is 11.1. The summed E-state index contributed by atoms with van der Waals surface area (Å²) in [5.74, 6) is 1.74. The van der Waals surface area contributed by atoms with Gasteiger partial charge in [0, 0.05) is 11.6 Å². The number of benzene rings is 2. The summed E-state index contributed by atoms with van der Waals surface area (Å²) in [6.45, 7) is 2.50. The highest BCUT2D eigenvalue weighted by Crippen LogP contribution is 2.27. The quantitative estimate of drug-likeness (QED) is 0.576. The molecule has 0 bridgehead atoms. The molecule has 0 saturated heterocycles. The molecule has 0 unspecified atom stereocenters. The summed E-state index contributed by atoms with van der Waals surface area (Å²) in [7, 11) is 0. The molecule has 2 aromatic heterocycles. The Balaban J connectivity index is 1.76. The number of ether oxygens (including phenoxy) is 1. The van der Waals surface area contributed by atoms with Crippen molar-refractivity contribution < 1.29 is 4.74 Å². The van der Waals surface area contributed by atoms with Gasteiger partial charge in [0.1, 0.15) is 18.2 Å². The maximum atomic E-state index is 6.02. The third-order valence-corrected chi connectivity index (χ3v) is 3.77. The highest BCUT2D eigenvalue weighted by molar-refractivity contribution is 5.90. The van der Waals surface area contributed by atoms with Crippen LogP contribution in [0, 0.1) is 6.92 Å². The zero-order valence-corrected chi connectivity index (χ0v) is 12.2. The fourth-order valence-electron chi connectivity index (χ4n) is 2.60. The van der Waals surface area contributed by atoms with Crippen molar-refractivity contribution in [1.29, 1.82) is 0 Å². The predicted octanol–water partition coefficient (Wildman–Crippen LogP) is 3.77. The molecule has 0 radical (unpaired) electrons. The molecule has 108 valence electrons. The fourth-order valence-corrected chi connectivity index (χ4v) is 2.60. The van der Waals surface area contributed by atoms with Gasteiger partial charge in [0.2, 0.25) is 0 Å². The predicted molar refractivity (Wildman–Crippen MR) is 86.0 cm³/mol. The molecule has 0 N–H and O–H groups in total. The highest BCUT2D eigenvalue weighted by Gasteiger charge is 2.07. The molecule has 0 atom stereocenters. The van der Waals surface area contributed by atoms with Gasteiger partial charge in [-0.3, -0.25) is 4.40 Å². The van der Waals surface area contributed by atoms with E-state index in [2.05, 4.69) is 28.4 Å². The minimum absolute atomic E-state index is 0.555. The van der Waals surface area contributed by atoms with Crippen LogP contribution in [-0.4, -0.2) is 14.6 Å². The van der Waals surface area contributed by atoms with Crippen LogP contribution in [0.5, 0.6) is 5.75 Å². The standard InChI is InChI=1S/C18H15N3O/c1-13-19-20-18-10-15-8-5-9-17(16(15)11-21(13)18)22-12-14-6-3-2-4-7-14/h2-11H,12H2,1H3. The SMILES string of the molecule is Cc1nnc2cc3cccc(OCc4ccccc4)c3cn12. The van der Waals surface area contributed by atoms with Crippen molar-refractivity contribution in [2.75, 3.05) is 0 Å². The Morgan fingerprint density at radius 2 is 1.86 bits per heavy atom. The van der Waals surface area contributed by atoms with Crippen molar-refractivity contribution in [2.24, 2.45) is 0 Å². The zero-order valence-electron chi connectivity index (χ0n) is 12.2. The first kappa shape index (κ1) is 12.8. The number of nitrogens with zero attached hydrogens (tertiary/aromatic N) is 3. The van der Waals surface area contributed by atoms with Crippen molar-refractivity contribution in [3.63, 3.8) is 0 Å². The number of hydrogen-bond acceptors (Lipinski definition) is 3. The average Bonchev–Trinajstić information content (AvgIpc) is 2.92. The van der Waals surface area contributed by atoms with Crippen molar-refractivity contribution in [3.05, 3.63) is 72.2 Å². The van der Waals surface area contributed by atoms with Crippen molar-refractivity contribution in [3.8, 4) is 5.75 Å². The van der Waals surface area contributed by atoms with Crippen LogP contribution in [0.3, 0.4) is 0 Å². The van der Waals surface area contributed by atoms with Gasteiger partial charge in [-0.15, -0.1) is 10.2 Å². The maximum absolute atomic E-state index is 6.02. The van der Waals surface area contributed by atoms with Gasteiger partial charge in [0.25, 0.3) is 0 Å². The molecular weight excluding hydrogens is 274 g/mol. The molecule has 0 amide bonds. The topological polar surface area (TPSA) is 39.4 Å². The van der Waals surface area contributed by atoms with Crippen molar-refractivity contribution in [1.82, 2.24) is 14.6 Å². The van der Waals surface area contributed by atoms with Gasteiger partial charge in [-0.05, 0) is 30.0 Å². The number of aryl methyl sites for hydroxylation is 1. The maximum Gasteiger partial charge on any atom is 0.161 e. The van der Waals surface area contributed by atoms with Crippen LogP contribution in [0.2, 0.25) is 0 Å². The summed E-state index contributed by atoms with van der Waals surface area (Å²) in [6, 6.07) is 18.3. The molecule has 0 aliphatic heterocycles. The monoisotopic (exact) mass is 289 g/mol. The lowest BCUT2D eigenvalue weighted by Gasteiger charge is -2.10. The lowest BCUT2D eigenvalue weighted by atomic mass is 10.1. The number of hydrogen-bond donors (Lipinski definition) is 0. The third kappa shape index (κ3) is 2.19. The van der Waals surface area contributed by atoms with Crippen molar-refractivity contribution >= 4 is 16.4 Å². The summed E-state index contributed by atoms with van der Waals surface area (Å²) >= 11 is 0. The molecule has 4 heteroatoms. The summed E-state index contributed by atoms with van der Waals surface area (Å²) < 4.78 is 8.00. The second-order valence-corrected chi connectivity index (χ2v) is 5.28. The van der Waals surface area contributed by atoms with E-state index in [4.69, 9.17) is 4.74 Å². The Hall–Kier alpha value is -2.88. The molecule has 0 saturated carbocycles. The van der Waals surface area contributed by atoms with E-state index in [0.29, 0.717) is 6.61 Å². The van der Waals surface area contributed by atoms with E-state index in [1.807, 2.05) is 53.9 Å². The van der Waals surface area contributed by atoms with Crippen LogP contribution in [0.4, 0.5) is 0 Å². The lowest BCUT2D eigenvalue weighted by Crippen LogP contribution is -1.97.